The molecule has 6 atom stereocenters. The number of epoxide rings is 1. The average Bonchev–Trinajstić information content (AvgIpc) is 3.06. The van der Waals surface area contributed by atoms with Gasteiger partial charge in [0.1, 0.15) is 15.9 Å². The third-order valence-electron chi connectivity index (χ3n) is 4.77. The van der Waals surface area contributed by atoms with Gasteiger partial charge in [-0.05, 0) is 12.3 Å². The average molecular weight is 381 g/mol. The van der Waals surface area contributed by atoms with Gasteiger partial charge in [-0.1, -0.05) is 58.6 Å². The molecule has 2 fully saturated rings. The molecule has 0 N–H and O–H groups in total. The molecule has 104 valence electrons. The molecule has 19 heavy (non-hydrogen) atoms. The molecule has 0 aromatic heterocycles. The molecular formula is C12H8Cl6O. The summed E-state index contributed by atoms with van der Waals surface area (Å²) in [7, 11) is 0. The maximum Gasteiger partial charge on any atom is 0.167 e. The van der Waals surface area contributed by atoms with Crippen LogP contribution in [0.3, 0.4) is 0 Å². The Kier molecular flexibility index (Phi) is 2.72. The molecule has 0 radical (unpaired) electrons. The van der Waals surface area contributed by atoms with Crippen molar-refractivity contribution < 1.29 is 4.74 Å². The molecule has 0 aromatic carbocycles. The van der Waals surface area contributed by atoms with Gasteiger partial charge in [-0.3, -0.25) is 0 Å². The van der Waals surface area contributed by atoms with Crippen LogP contribution in [0.2, 0.25) is 0 Å². The first kappa shape index (κ1) is 13.8. The van der Waals surface area contributed by atoms with E-state index in [0.29, 0.717) is 0 Å². The minimum absolute atomic E-state index is 0.0922. The van der Waals surface area contributed by atoms with Crippen LogP contribution in [-0.2, 0) is 4.74 Å². The number of fused-ring (bicyclic) bond motifs is 6. The highest BCUT2D eigenvalue weighted by Gasteiger charge is 2.82. The fourth-order valence-corrected chi connectivity index (χ4v) is 6.74. The van der Waals surface area contributed by atoms with Crippen molar-refractivity contribution in [1.82, 2.24) is 0 Å². The Morgan fingerprint density at radius 1 is 1.00 bits per heavy atom. The zero-order chi connectivity index (χ0) is 13.8. The first-order valence-corrected chi connectivity index (χ1v) is 8.18. The van der Waals surface area contributed by atoms with Crippen molar-refractivity contribution in [1.29, 1.82) is 0 Å². The molecule has 7 heteroatoms. The molecule has 2 bridgehead atoms. The van der Waals surface area contributed by atoms with Gasteiger partial charge in [0.2, 0.25) is 0 Å². The van der Waals surface area contributed by atoms with Crippen molar-refractivity contribution in [3.05, 3.63) is 22.2 Å². The van der Waals surface area contributed by atoms with Gasteiger partial charge in [0.15, 0.2) is 4.33 Å². The lowest BCUT2D eigenvalue weighted by atomic mass is 9.80. The molecular weight excluding hydrogens is 373 g/mol. The molecule has 1 nitrogen and oxygen atoms in total. The maximum atomic E-state index is 6.74. The van der Waals surface area contributed by atoms with E-state index in [0.717, 1.165) is 6.42 Å². The normalized spacial score (nSPS) is 56.9. The molecule has 0 aromatic rings. The van der Waals surface area contributed by atoms with Crippen molar-refractivity contribution in [2.45, 2.75) is 32.7 Å². The van der Waals surface area contributed by atoms with Crippen molar-refractivity contribution in [3.63, 3.8) is 0 Å². The van der Waals surface area contributed by atoms with E-state index in [1.807, 2.05) is 12.2 Å². The summed E-state index contributed by atoms with van der Waals surface area (Å²) in [4.78, 5) is -2.33. The number of alkyl halides is 4. The largest absolute Gasteiger partial charge is 0.365 e. The molecule has 3 aliphatic carbocycles. The summed E-state index contributed by atoms with van der Waals surface area (Å²) in [6.45, 7) is 0. The van der Waals surface area contributed by atoms with E-state index in [9.17, 15) is 0 Å². The first-order valence-electron chi connectivity index (χ1n) is 5.92. The molecule has 1 saturated carbocycles. The summed E-state index contributed by atoms with van der Waals surface area (Å²) in [5.74, 6) is -0.238. The smallest absolute Gasteiger partial charge is 0.167 e. The predicted octanol–water partition coefficient (Wildman–Crippen LogP) is 4.79. The van der Waals surface area contributed by atoms with Gasteiger partial charge in [0.05, 0.1) is 16.2 Å². The van der Waals surface area contributed by atoms with Crippen LogP contribution in [0.15, 0.2) is 22.2 Å². The number of rotatable bonds is 0. The Morgan fingerprint density at radius 2 is 1.63 bits per heavy atom. The molecule has 4 aliphatic rings. The summed E-state index contributed by atoms with van der Waals surface area (Å²) in [5.41, 5.74) is 0. The van der Waals surface area contributed by atoms with E-state index in [1.54, 1.807) is 0 Å². The van der Waals surface area contributed by atoms with Crippen molar-refractivity contribution in [3.8, 4) is 0 Å². The Labute approximate surface area is 140 Å². The lowest BCUT2D eigenvalue weighted by Crippen LogP contribution is -2.44. The zero-order valence-electron chi connectivity index (χ0n) is 9.35. The topological polar surface area (TPSA) is 12.5 Å². The Balaban J connectivity index is 1.95. The van der Waals surface area contributed by atoms with E-state index < -0.39 is 14.1 Å². The second-order valence-electron chi connectivity index (χ2n) is 5.52. The molecule has 0 spiro atoms. The Bertz CT molecular complexity index is 542. The Hall–Kier alpha value is 1.18. The van der Waals surface area contributed by atoms with Crippen LogP contribution in [0.1, 0.15) is 6.42 Å². The van der Waals surface area contributed by atoms with Gasteiger partial charge < -0.3 is 4.74 Å². The highest BCUT2D eigenvalue weighted by molar-refractivity contribution is 6.65. The number of ether oxygens (including phenoxy) is 1. The summed E-state index contributed by atoms with van der Waals surface area (Å²) in [5, 5.41) is 0.530. The lowest BCUT2D eigenvalue weighted by Gasteiger charge is -2.34. The van der Waals surface area contributed by atoms with Crippen molar-refractivity contribution in [2.75, 3.05) is 0 Å². The summed E-state index contributed by atoms with van der Waals surface area (Å²) < 4.78 is 4.07. The SMILES string of the molecule is ClC1=C(Cl)[C@@]2(Cl)[C@H]3C[C@H]4O[C@@H]4C=C[C@H]3[C@@]1(Cl)C2(Cl)Cl. The van der Waals surface area contributed by atoms with E-state index in [2.05, 4.69) is 0 Å². The molecule has 0 amide bonds. The standard InChI is InChI=1S/C12H8Cl6O/c13-8-9(14)11(16)5-3-7-6(19-7)2-1-4(5)10(8,15)12(11,17)18/h1-2,4-7H,3H2/t4-,5+,6-,7-,10+,11+/m1/s1. The second-order valence-corrected chi connectivity index (χ2v) is 8.79. The quantitative estimate of drug-likeness (QED) is 0.334. The van der Waals surface area contributed by atoms with Crippen LogP contribution in [0.4, 0.5) is 0 Å². The number of hydrogen-bond acceptors (Lipinski definition) is 1. The molecule has 1 saturated heterocycles. The van der Waals surface area contributed by atoms with Crippen molar-refractivity contribution in [2.24, 2.45) is 11.8 Å². The zero-order valence-corrected chi connectivity index (χ0v) is 13.9. The molecule has 1 aliphatic heterocycles. The molecule has 1 heterocycles. The Morgan fingerprint density at radius 3 is 2.32 bits per heavy atom. The fraction of sp³-hybridized carbons (Fsp3) is 0.667. The van der Waals surface area contributed by atoms with Crippen LogP contribution >= 0.6 is 69.6 Å². The van der Waals surface area contributed by atoms with Gasteiger partial charge in [-0.2, -0.15) is 0 Å². The van der Waals surface area contributed by atoms with E-state index >= 15 is 0 Å². The van der Waals surface area contributed by atoms with Gasteiger partial charge in [0, 0.05) is 5.92 Å². The van der Waals surface area contributed by atoms with Gasteiger partial charge in [-0.25, -0.2) is 0 Å². The van der Waals surface area contributed by atoms with E-state index in [-0.39, 0.29) is 34.1 Å². The van der Waals surface area contributed by atoms with Gasteiger partial charge in [0.25, 0.3) is 0 Å². The minimum atomic E-state index is -1.45. The number of allylic oxidation sites excluding steroid dienone is 3. The predicted molar refractivity (Wildman–Crippen MR) is 79.7 cm³/mol. The minimum Gasteiger partial charge on any atom is -0.365 e. The highest BCUT2D eigenvalue weighted by Crippen LogP contribution is 2.77. The monoisotopic (exact) mass is 378 g/mol. The first-order chi connectivity index (χ1) is 8.76. The molecule has 4 rings (SSSR count). The van der Waals surface area contributed by atoms with E-state index in [4.69, 9.17) is 74.3 Å². The number of halogens is 6. The number of hydrogen-bond donors (Lipinski definition) is 0. The highest BCUT2D eigenvalue weighted by atomic mass is 35.5. The fourth-order valence-electron chi connectivity index (χ4n) is 3.71. The third-order valence-corrected chi connectivity index (χ3v) is 9.09. The van der Waals surface area contributed by atoms with Gasteiger partial charge >= 0.3 is 0 Å². The summed E-state index contributed by atoms with van der Waals surface area (Å²) in [6, 6.07) is 0. The summed E-state index contributed by atoms with van der Waals surface area (Å²) in [6.07, 6.45) is 4.98. The van der Waals surface area contributed by atoms with Crippen molar-refractivity contribution >= 4 is 69.6 Å². The summed E-state index contributed by atoms with van der Waals surface area (Å²) >= 11 is 39.1. The molecule has 0 unspecified atom stereocenters. The second kappa shape index (κ2) is 3.74. The maximum absolute atomic E-state index is 6.74. The third kappa shape index (κ3) is 1.29. The van der Waals surface area contributed by atoms with Crippen LogP contribution in [0, 0.1) is 11.8 Å². The van der Waals surface area contributed by atoms with Crippen LogP contribution in [-0.4, -0.2) is 26.3 Å². The van der Waals surface area contributed by atoms with E-state index in [1.165, 1.54) is 0 Å². The van der Waals surface area contributed by atoms with Gasteiger partial charge in [-0.15, -0.1) is 23.2 Å². The van der Waals surface area contributed by atoms with Crippen LogP contribution in [0.5, 0.6) is 0 Å². The van der Waals surface area contributed by atoms with Crippen LogP contribution < -0.4 is 0 Å². The van der Waals surface area contributed by atoms with Crippen LogP contribution in [0.25, 0.3) is 0 Å². The lowest BCUT2D eigenvalue weighted by molar-refractivity contribution is 0.293.